The van der Waals surface area contributed by atoms with E-state index in [0.717, 1.165) is 5.00 Å². The number of hydrogen-bond donors (Lipinski definition) is 1. The second kappa shape index (κ2) is 3.67. The van der Waals surface area contributed by atoms with Crippen LogP contribution in [0.4, 0.5) is 0 Å². The Labute approximate surface area is 106 Å². The molecule has 0 spiro atoms. The molecule has 0 aliphatic carbocycles. The first-order valence-electron chi connectivity index (χ1n) is 5.22. The van der Waals surface area contributed by atoms with Crippen LogP contribution in [0.25, 0.3) is 5.00 Å². The summed E-state index contributed by atoms with van der Waals surface area (Å²) in [6.07, 6.45) is 1.46. The molecule has 1 N–H and O–H groups in total. The van der Waals surface area contributed by atoms with E-state index in [9.17, 15) is 9.59 Å². The number of carbonyl (C=O) groups is 2. The van der Waals surface area contributed by atoms with Crippen molar-refractivity contribution >= 4 is 23.2 Å². The minimum Gasteiger partial charge on any atom is -0.476 e. The molecule has 0 fully saturated rings. The van der Waals surface area contributed by atoms with E-state index in [1.54, 1.807) is 17.7 Å². The second-order valence-corrected chi connectivity index (χ2v) is 4.91. The molecule has 0 radical (unpaired) electrons. The zero-order chi connectivity index (χ0) is 12.9. The monoisotopic (exact) mass is 263 g/mol. The highest BCUT2D eigenvalue weighted by atomic mass is 32.1. The van der Waals surface area contributed by atoms with Crippen LogP contribution in [0.5, 0.6) is 0 Å². The van der Waals surface area contributed by atoms with Gasteiger partial charge in [0.25, 0.3) is 5.91 Å². The first kappa shape index (κ1) is 11.0. The van der Waals surface area contributed by atoms with Crippen LogP contribution in [-0.4, -0.2) is 38.5 Å². The highest BCUT2D eigenvalue weighted by molar-refractivity contribution is 7.13. The molecule has 2 aromatic heterocycles. The van der Waals surface area contributed by atoms with Gasteiger partial charge in [-0.25, -0.2) is 9.78 Å². The van der Waals surface area contributed by atoms with Gasteiger partial charge in [0.2, 0.25) is 0 Å². The van der Waals surface area contributed by atoms with Gasteiger partial charge < -0.3 is 10.0 Å². The van der Waals surface area contributed by atoms with Crippen molar-refractivity contribution < 1.29 is 14.7 Å². The summed E-state index contributed by atoms with van der Waals surface area (Å²) in [4.78, 5) is 28.6. The van der Waals surface area contributed by atoms with Gasteiger partial charge in [0.1, 0.15) is 11.3 Å². The smallest absolute Gasteiger partial charge is 0.356 e. The molecule has 7 heteroatoms. The predicted octanol–water partition coefficient (Wildman–Crippen LogP) is 1.22. The summed E-state index contributed by atoms with van der Waals surface area (Å²) in [6, 6.07) is 1.74. The molecule has 0 aromatic carbocycles. The molecule has 0 saturated carbocycles. The zero-order valence-electron chi connectivity index (χ0n) is 9.45. The lowest BCUT2D eigenvalue weighted by Gasteiger charge is -2.13. The summed E-state index contributed by atoms with van der Waals surface area (Å²) in [5.41, 5.74) is 1.10. The van der Waals surface area contributed by atoms with E-state index >= 15 is 0 Å². The maximum Gasteiger partial charge on any atom is 0.356 e. The highest BCUT2D eigenvalue weighted by Gasteiger charge is 2.28. The Bertz CT molecular complexity index is 658. The lowest BCUT2D eigenvalue weighted by molar-refractivity contribution is 0.0683. The van der Waals surface area contributed by atoms with Crippen LogP contribution in [0.1, 0.15) is 26.5 Å². The Morgan fingerprint density at radius 3 is 3.06 bits per heavy atom. The van der Waals surface area contributed by atoms with Crippen molar-refractivity contribution in [3.63, 3.8) is 0 Å². The first-order valence-corrected chi connectivity index (χ1v) is 6.10. The van der Waals surface area contributed by atoms with Gasteiger partial charge >= 0.3 is 5.97 Å². The number of imidazole rings is 1. The fourth-order valence-electron chi connectivity index (χ4n) is 2.03. The normalized spacial score (nSPS) is 14.1. The highest BCUT2D eigenvalue weighted by Crippen LogP contribution is 2.29. The van der Waals surface area contributed by atoms with Gasteiger partial charge in [-0.15, -0.1) is 11.3 Å². The van der Waals surface area contributed by atoms with Crippen molar-refractivity contribution in [2.24, 2.45) is 0 Å². The fourth-order valence-corrected chi connectivity index (χ4v) is 2.92. The van der Waals surface area contributed by atoms with Gasteiger partial charge in [-0.2, -0.15) is 0 Å². The Kier molecular flexibility index (Phi) is 2.24. The number of nitrogens with zero attached hydrogens (tertiary/aromatic N) is 3. The third-order valence-electron chi connectivity index (χ3n) is 2.90. The molecule has 18 heavy (non-hydrogen) atoms. The number of rotatable bonds is 1. The molecular formula is C11H9N3O3S. The molecule has 6 nitrogen and oxygen atoms in total. The van der Waals surface area contributed by atoms with Gasteiger partial charge in [0.05, 0.1) is 17.8 Å². The SMILES string of the molecule is CN1Cc2c(C(=O)O)ncn2-c2sccc2C1=O. The lowest BCUT2D eigenvalue weighted by atomic mass is 10.3. The van der Waals surface area contributed by atoms with Crippen molar-refractivity contribution in [3.8, 4) is 5.00 Å². The summed E-state index contributed by atoms with van der Waals surface area (Å²) in [6.45, 7) is 0.238. The quantitative estimate of drug-likeness (QED) is 0.839. The molecule has 1 amide bonds. The number of hydrogen-bond acceptors (Lipinski definition) is 4. The van der Waals surface area contributed by atoms with Crippen LogP contribution in [0.3, 0.4) is 0 Å². The van der Waals surface area contributed by atoms with Crippen molar-refractivity contribution in [2.75, 3.05) is 7.05 Å². The molecule has 0 unspecified atom stereocenters. The Balaban J connectivity index is 2.28. The average Bonchev–Trinajstić information content (AvgIpc) is 2.91. The third-order valence-corrected chi connectivity index (χ3v) is 3.81. The van der Waals surface area contributed by atoms with Crippen molar-refractivity contribution in [1.82, 2.24) is 14.5 Å². The Morgan fingerprint density at radius 1 is 1.56 bits per heavy atom. The van der Waals surface area contributed by atoms with Crippen LogP contribution >= 0.6 is 11.3 Å². The van der Waals surface area contributed by atoms with E-state index in [4.69, 9.17) is 5.11 Å². The summed E-state index contributed by atoms with van der Waals surface area (Å²) in [7, 11) is 1.65. The topological polar surface area (TPSA) is 75.4 Å². The number of amides is 1. The minimum atomic E-state index is -1.08. The molecular weight excluding hydrogens is 254 g/mol. The van der Waals surface area contributed by atoms with E-state index in [2.05, 4.69) is 4.98 Å². The summed E-state index contributed by atoms with van der Waals surface area (Å²) in [5, 5.41) is 11.6. The molecule has 3 rings (SSSR count). The molecule has 3 heterocycles. The van der Waals surface area contributed by atoms with Crippen LogP contribution in [-0.2, 0) is 6.54 Å². The molecule has 92 valence electrons. The number of aromatic nitrogens is 2. The van der Waals surface area contributed by atoms with Crippen molar-refractivity contribution in [3.05, 3.63) is 34.7 Å². The number of fused-ring (bicyclic) bond motifs is 3. The van der Waals surface area contributed by atoms with E-state index < -0.39 is 5.97 Å². The molecule has 1 aliphatic rings. The zero-order valence-corrected chi connectivity index (χ0v) is 10.3. The summed E-state index contributed by atoms with van der Waals surface area (Å²) < 4.78 is 1.69. The van der Waals surface area contributed by atoms with Crippen LogP contribution < -0.4 is 0 Å². The van der Waals surface area contributed by atoms with Gasteiger partial charge in [0, 0.05) is 7.05 Å². The number of thiophene rings is 1. The fraction of sp³-hybridized carbons (Fsp3) is 0.182. The van der Waals surface area contributed by atoms with E-state index in [0.29, 0.717) is 11.3 Å². The van der Waals surface area contributed by atoms with E-state index in [-0.39, 0.29) is 18.1 Å². The maximum atomic E-state index is 12.1. The number of carboxylic acids is 1. The van der Waals surface area contributed by atoms with Gasteiger partial charge in [-0.1, -0.05) is 0 Å². The van der Waals surface area contributed by atoms with Gasteiger partial charge in [-0.05, 0) is 11.4 Å². The molecule has 0 atom stereocenters. The summed E-state index contributed by atoms with van der Waals surface area (Å²) in [5.74, 6) is -1.18. The number of aromatic carboxylic acids is 1. The Morgan fingerprint density at radius 2 is 2.33 bits per heavy atom. The standard InChI is InChI=1S/C11H9N3O3S/c1-13-4-7-8(11(16)17)12-5-14(7)10-6(9(13)15)2-3-18-10/h2-3,5H,4H2,1H3,(H,16,17). The Hall–Kier alpha value is -2.15. The predicted molar refractivity (Wildman–Crippen MR) is 64.2 cm³/mol. The summed E-state index contributed by atoms with van der Waals surface area (Å²) >= 11 is 1.39. The van der Waals surface area contributed by atoms with Gasteiger partial charge in [-0.3, -0.25) is 9.36 Å². The van der Waals surface area contributed by atoms with Crippen molar-refractivity contribution in [1.29, 1.82) is 0 Å². The van der Waals surface area contributed by atoms with E-state index in [1.807, 2.05) is 5.38 Å². The molecule has 2 aromatic rings. The molecule has 1 aliphatic heterocycles. The second-order valence-electron chi connectivity index (χ2n) is 4.02. The van der Waals surface area contributed by atoms with Crippen LogP contribution in [0.15, 0.2) is 17.8 Å². The van der Waals surface area contributed by atoms with Crippen molar-refractivity contribution in [2.45, 2.75) is 6.54 Å². The van der Waals surface area contributed by atoms with Crippen LogP contribution in [0, 0.1) is 0 Å². The number of carboxylic acid groups (broad SMARTS) is 1. The largest absolute Gasteiger partial charge is 0.476 e. The average molecular weight is 263 g/mol. The number of carbonyl (C=O) groups excluding carboxylic acids is 1. The third kappa shape index (κ3) is 1.37. The molecule has 0 saturated heterocycles. The van der Waals surface area contributed by atoms with E-state index in [1.165, 1.54) is 22.6 Å². The minimum absolute atomic E-state index is 0.00380. The lowest BCUT2D eigenvalue weighted by Crippen LogP contribution is -2.25. The molecule has 0 bridgehead atoms. The van der Waals surface area contributed by atoms with Crippen LogP contribution in [0.2, 0.25) is 0 Å². The maximum absolute atomic E-state index is 12.1. The first-order chi connectivity index (χ1) is 8.59. The van der Waals surface area contributed by atoms with Gasteiger partial charge in [0.15, 0.2) is 5.69 Å².